The van der Waals surface area contributed by atoms with Crippen LogP contribution in [0.4, 0.5) is 11.6 Å². The summed E-state index contributed by atoms with van der Waals surface area (Å²) in [5.74, 6) is 1.10. The molecule has 1 fully saturated rings. The molecule has 5 nitrogen and oxygen atoms in total. The van der Waals surface area contributed by atoms with Gasteiger partial charge < -0.3 is 10.6 Å². The van der Waals surface area contributed by atoms with Crippen LogP contribution in [0, 0.1) is 11.3 Å². The molecule has 0 unspecified atom stereocenters. The highest BCUT2D eigenvalue weighted by Gasteiger charge is 2.23. The molecule has 1 saturated heterocycles. The number of hydrogen-bond donors (Lipinski definition) is 1. The molecule has 0 aliphatic carbocycles. The number of nitrogens with zero attached hydrogens (tertiary/aromatic N) is 4. The maximum absolute atomic E-state index is 9.36. The second-order valence-electron chi connectivity index (χ2n) is 5.14. The number of aromatic nitrogens is 2. The first kappa shape index (κ1) is 13.8. The molecule has 0 saturated carbocycles. The van der Waals surface area contributed by atoms with E-state index in [0.29, 0.717) is 28.8 Å². The number of rotatable bonds is 3. The Morgan fingerprint density at radius 2 is 2.00 bits per heavy atom. The molecule has 21 heavy (non-hydrogen) atoms. The number of anilines is 2. The zero-order valence-corrected chi connectivity index (χ0v) is 12.3. The Morgan fingerprint density at radius 3 is 2.67 bits per heavy atom. The minimum atomic E-state index is 0.402. The lowest BCUT2D eigenvalue weighted by Crippen LogP contribution is -2.19. The number of nitriles is 1. The summed E-state index contributed by atoms with van der Waals surface area (Å²) < 4.78 is 1.66. The van der Waals surface area contributed by atoms with E-state index < -0.39 is 0 Å². The predicted octanol–water partition coefficient (Wildman–Crippen LogP) is 2.64. The summed E-state index contributed by atoms with van der Waals surface area (Å²) in [5, 5.41) is 14.6. The highest BCUT2D eigenvalue weighted by Crippen LogP contribution is 2.28. The van der Waals surface area contributed by atoms with Gasteiger partial charge >= 0.3 is 0 Å². The fraction of sp³-hybridized carbons (Fsp3) is 0.333. The Hall–Kier alpha value is -2.19. The molecule has 1 aromatic carbocycles. The van der Waals surface area contributed by atoms with E-state index in [2.05, 4.69) is 16.1 Å². The maximum atomic E-state index is 9.36. The van der Waals surface area contributed by atoms with Crippen molar-refractivity contribution >= 4 is 23.2 Å². The minimum Gasteiger partial charge on any atom is -0.383 e. The highest BCUT2D eigenvalue weighted by molar-refractivity contribution is 6.31. The largest absolute Gasteiger partial charge is 0.383 e. The summed E-state index contributed by atoms with van der Waals surface area (Å²) in [5.41, 5.74) is 7.49. The van der Waals surface area contributed by atoms with Crippen LogP contribution >= 0.6 is 11.6 Å². The second kappa shape index (κ2) is 5.66. The van der Waals surface area contributed by atoms with E-state index in [1.54, 1.807) is 4.68 Å². The van der Waals surface area contributed by atoms with Crippen molar-refractivity contribution in [2.45, 2.75) is 19.4 Å². The monoisotopic (exact) mass is 301 g/mol. The van der Waals surface area contributed by atoms with E-state index in [1.165, 1.54) is 0 Å². The standard InChI is InChI=1S/C15H16ClN5/c16-13-6-2-1-5-11(13)10-21-14(18)12(9-17)15(19-21)20-7-3-4-8-20/h1-2,5-6H,3-4,7-8,10,18H2. The average molecular weight is 302 g/mol. The molecular weight excluding hydrogens is 286 g/mol. The zero-order valence-electron chi connectivity index (χ0n) is 11.6. The number of benzene rings is 1. The van der Waals surface area contributed by atoms with E-state index in [1.807, 2.05) is 24.3 Å². The molecule has 6 heteroatoms. The molecule has 3 rings (SSSR count). The third-order valence-corrected chi connectivity index (χ3v) is 4.14. The Labute approximate surface area is 128 Å². The van der Waals surface area contributed by atoms with E-state index in [9.17, 15) is 5.26 Å². The van der Waals surface area contributed by atoms with Gasteiger partial charge in [0.15, 0.2) is 5.82 Å². The SMILES string of the molecule is N#Cc1c(N2CCCC2)nn(Cc2ccccc2Cl)c1N. The van der Waals surface area contributed by atoms with E-state index in [0.717, 1.165) is 31.5 Å². The number of halogens is 1. The molecule has 1 aromatic heterocycles. The first-order valence-electron chi connectivity index (χ1n) is 6.95. The fourth-order valence-electron chi connectivity index (χ4n) is 2.63. The van der Waals surface area contributed by atoms with Crippen molar-refractivity contribution in [1.29, 1.82) is 5.26 Å². The molecule has 0 spiro atoms. The van der Waals surface area contributed by atoms with Crippen LogP contribution in [0.2, 0.25) is 5.02 Å². The van der Waals surface area contributed by atoms with Gasteiger partial charge in [-0.2, -0.15) is 10.4 Å². The molecule has 0 atom stereocenters. The van der Waals surface area contributed by atoms with Gasteiger partial charge in [0, 0.05) is 18.1 Å². The van der Waals surface area contributed by atoms with Crippen LogP contribution in [0.25, 0.3) is 0 Å². The molecule has 0 bridgehead atoms. The van der Waals surface area contributed by atoms with E-state index in [-0.39, 0.29) is 0 Å². The van der Waals surface area contributed by atoms with Crippen LogP contribution in [0.5, 0.6) is 0 Å². The third-order valence-electron chi connectivity index (χ3n) is 3.77. The Bertz CT molecular complexity index is 695. The number of nitrogen functional groups attached to an aromatic ring is 1. The van der Waals surface area contributed by atoms with Crippen LogP contribution in [-0.2, 0) is 6.54 Å². The van der Waals surface area contributed by atoms with Gasteiger partial charge in [-0.1, -0.05) is 29.8 Å². The topological polar surface area (TPSA) is 70.9 Å². The quantitative estimate of drug-likeness (QED) is 0.946. The van der Waals surface area contributed by atoms with Gasteiger partial charge in [-0.25, -0.2) is 4.68 Å². The van der Waals surface area contributed by atoms with Crippen molar-refractivity contribution in [2.24, 2.45) is 0 Å². The molecule has 108 valence electrons. The molecular formula is C15H16ClN5. The van der Waals surface area contributed by atoms with E-state index in [4.69, 9.17) is 17.3 Å². The Kier molecular flexibility index (Phi) is 3.72. The van der Waals surface area contributed by atoms with Gasteiger partial charge in [0.1, 0.15) is 17.5 Å². The lowest BCUT2D eigenvalue weighted by molar-refractivity contribution is 0.691. The smallest absolute Gasteiger partial charge is 0.170 e. The summed E-state index contributed by atoms with van der Waals surface area (Å²) in [6.07, 6.45) is 2.25. The van der Waals surface area contributed by atoms with Crippen molar-refractivity contribution in [3.63, 3.8) is 0 Å². The first-order valence-corrected chi connectivity index (χ1v) is 7.33. The van der Waals surface area contributed by atoms with Crippen LogP contribution in [0.3, 0.4) is 0 Å². The molecule has 1 aliphatic heterocycles. The molecule has 2 N–H and O–H groups in total. The summed E-state index contributed by atoms with van der Waals surface area (Å²) >= 11 is 6.18. The van der Waals surface area contributed by atoms with Crippen molar-refractivity contribution < 1.29 is 0 Å². The van der Waals surface area contributed by atoms with E-state index >= 15 is 0 Å². The predicted molar refractivity (Wildman–Crippen MR) is 83.4 cm³/mol. The summed E-state index contributed by atoms with van der Waals surface area (Å²) in [6.45, 7) is 2.32. The molecule has 1 aliphatic rings. The fourth-order valence-corrected chi connectivity index (χ4v) is 2.82. The molecule has 2 heterocycles. The second-order valence-corrected chi connectivity index (χ2v) is 5.55. The lowest BCUT2D eigenvalue weighted by Gasteiger charge is -2.13. The van der Waals surface area contributed by atoms with Crippen molar-refractivity contribution in [3.8, 4) is 6.07 Å². The van der Waals surface area contributed by atoms with Crippen LogP contribution in [-0.4, -0.2) is 22.9 Å². The number of hydrogen-bond acceptors (Lipinski definition) is 4. The number of nitrogens with two attached hydrogens (primary N) is 1. The van der Waals surface area contributed by atoms with Crippen LogP contribution < -0.4 is 10.6 Å². The first-order chi connectivity index (χ1) is 10.2. The zero-order chi connectivity index (χ0) is 14.8. The van der Waals surface area contributed by atoms with Gasteiger partial charge in [0.25, 0.3) is 0 Å². The average Bonchev–Trinajstić information content (AvgIpc) is 3.10. The van der Waals surface area contributed by atoms with Crippen molar-refractivity contribution in [2.75, 3.05) is 23.7 Å². The highest BCUT2D eigenvalue weighted by atomic mass is 35.5. The maximum Gasteiger partial charge on any atom is 0.170 e. The van der Waals surface area contributed by atoms with Gasteiger partial charge in [0.2, 0.25) is 0 Å². The van der Waals surface area contributed by atoms with Gasteiger partial charge in [-0.15, -0.1) is 0 Å². The Morgan fingerprint density at radius 1 is 1.29 bits per heavy atom. The molecule has 0 amide bonds. The van der Waals surface area contributed by atoms with Gasteiger partial charge in [0.05, 0.1) is 6.54 Å². The Balaban J connectivity index is 1.96. The van der Waals surface area contributed by atoms with Crippen molar-refractivity contribution in [3.05, 3.63) is 40.4 Å². The summed E-state index contributed by atoms with van der Waals surface area (Å²) in [4.78, 5) is 2.12. The normalized spacial score (nSPS) is 14.4. The van der Waals surface area contributed by atoms with Gasteiger partial charge in [-0.05, 0) is 24.5 Å². The minimum absolute atomic E-state index is 0.402. The lowest BCUT2D eigenvalue weighted by atomic mass is 10.2. The van der Waals surface area contributed by atoms with Gasteiger partial charge in [-0.3, -0.25) is 0 Å². The molecule has 0 radical (unpaired) electrons. The molecule has 2 aromatic rings. The van der Waals surface area contributed by atoms with Crippen LogP contribution in [0.15, 0.2) is 24.3 Å². The third kappa shape index (κ3) is 2.55. The summed E-state index contributed by atoms with van der Waals surface area (Å²) in [7, 11) is 0. The summed E-state index contributed by atoms with van der Waals surface area (Å²) in [6, 6.07) is 9.76. The van der Waals surface area contributed by atoms with Crippen LogP contribution in [0.1, 0.15) is 24.0 Å². The van der Waals surface area contributed by atoms with Crippen molar-refractivity contribution in [1.82, 2.24) is 9.78 Å².